The molecule has 3 aromatic carbocycles. The smallest absolute Gasteiger partial charge is 0.310 e. The van der Waals surface area contributed by atoms with Gasteiger partial charge in [-0.2, -0.15) is 0 Å². The number of carbonyl (C=O) groups is 2. The van der Waals surface area contributed by atoms with Gasteiger partial charge in [0.1, 0.15) is 0 Å². The second-order valence-electron chi connectivity index (χ2n) is 5.93. The summed E-state index contributed by atoms with van der Waals surface area (Å²) in [5, 5.41) is 5.49. The highest BCUT2D eigenvalue weighted by molar-refractivity contribution is 6.30. The van der Waals surface area contributed by atoms with Gasteiger partial charge >= 0.3 is 5.97 Å². The first kappa shape index (κ1) is 18.0. The minimum atomic E-state index is -0.432. The van der Waals surface area contributed by atoms with Gasteiger partial charge in [0.25, 0.3) is 5.91 Å². The highest BCUT2D eigenvalue weighted by Crippen LogP contribution is 2.16. The normalized spacial score (nSPS) is 10.5. The van der Waals surface area contributed by atoms with E-state index in [0.717, 1.165) is 21.9 Å². The molecular formula is C21H18ClNO3. The average molecular weight is 368 g/mol. The molecule has 0 atom stereocenters. The van der Waals surface area contributed by atoms with E-state index in [9.17, 15) is 9.59 Å². The van der Waals surface area contributed by atoms with Gasteiger partial charge in [-0.25, -0.2) is 0 Å². The largest absolute Gasteiger partial charge is 0.455 e. The number of fused-ring (bicyclic) bond motifs is 1. The number of rotatable bonds is 6. The maximum atomic E-state index is 12.0. The van der Waals surface area contributed by atoms with Crippen LogP contribution in [0.15, 0.2) is 66.7 Å². The Labute approximate surface area is 156 Å². The zero-order valence-electron chi connectivity index (χ0n) is 14.1. The Kier molecular flexibility index (Phi) is 5.87. The van der Waals surface area contributed by atoms with Gasteiger partial charge < -0.3 is 10.1 Å². The molecule has 3 rings (SSSR count). The molecule has 26 heavy (non-hydrogen) atoms. The van der Waals surface area contributed by atoms with Gasteiger partial charge in [0.05, 0.1) is 6.42 Å². The lowest BCUT2D eigenvalue weighted by atomic mass is 10.1. The summed E-state index contributed by atoms with van der Waals surface area (Å²) in [7, 11) is 0. The molecule has 4 nitrogen and oxygen atoms in total. The van der Waals surface area contributed by atoms with E-state index in [1.807, 2.05) is 54.6 Å². The number of hydrogen-bond donors (Lipinski definition) is 1. The molecule has 0 heterocycles. The first-order valence-electron chi connectivity index (χ1n) is 8.24. The van der Waals surface area contributed by atoms with Crippen LogP contribution in [-0.2, 0) is 27.3 Å². The Morgan fingerprint density at radius 1 is 0.885 bits per heavy atom. The standard InChI is InChI=1S/C21H18ClNO3/c22-19-7-3-4-16(11-19)13-23-20(24)14-26-21(25)12-15-8-9-17-5-1-2-6-18(17)10-15/h1-11H,12-14H2,(H,23,24). The van der Waals surface area contributed by atoms with Crippen molar-refractivity contribution in [3.8, 4) is 0 Å². The third-order valence-electron chi connectivity index (χ3n) is 3.91. The summed E-state index contributed by atoms with van der Waals surface area (Å²) >= 11 is 5.89. The van der Waals surface area contributed by atoms with Crippen molar-refractivity contribution in [2.45, 2.75) is 13.0 Å². The topological polar surface area (TPSA) is 55.4 Å². The van der Waals surface area contributed by atoms with Crippen molar-refractivity contribution >= 4 is 34.2 Å². The number of hydrogen-bond acceptors (Lipinski definition) is 3. The van der Waals surface area contributed by atoms with Crippen LogP contribution in [0.4, 0.5) is 0 Å². The molecule has 0 aromatic heterocycles. The van der Waals surface area contributed by atoms with E-state index in [0.29, 0.717) is 11.6 Å². The van der Waals surface area contributed by atoms with Crippen molar-refractivity contribution in [3.05, 3.63) is 82.9 Å². The van der Waals surface area contributed by atoms with Gasteiger partial charge in [-0.05, 0) is 34.0 Å². The summed E-state index contributed by atoms with van der Waals surface area (Å²) in [4.78, 5) is 23.8. The van der Waals surface area contributed by atoms with Crippen molar-refractivity contribution in [1.29, 1.82) is 0 Å². The van der Waals surface area contributed by atoms with E-state index < -0.39 is 5.97 Å². The Balaban J connectivity index is 1.46. The van der Waals surface area contributed by atoms with Crippen LogP contribution in [0.5, 0.6) is 0 Å². The molecule has 0 aliphatic rings. The minimum absolute atomic E-state index is 0.131. The van der Waals surface area contributed by atoms with Crippen LogP contribution in [0, 0.1) is 0 Å². The van der Waals surface area contributed by atoms with Crippen molar-refractivity contribution in [3.63, 3.8) is 0 Å². The van der Waals surface area contributed by atoms with Crippen molar-refractivity contribution in [2.75, 3.05) is 6.61 Å². The van der Waals surface area contributed by atoms with Crippen molar-refractivity contribution in [2.24, 2.45) is 0 Å². The minimum Gasteiger partial charge on any atom is -0.455 e. The molecule has 0 saturated carbocycles. The van der Waals surface area contributed by atoms with Crippen molar-refractivity contribution in [1.82, 2.24) is 5.32 Å². The molecule has 0 aliphatic carbocycles. The molecule has 1 amide bonds. The lowest BCUT2D eigenvalue weighted by Crippen LogP contribution is -2.28. The van der Waals surface area contributed by atoms with Crippen LogP contribution in [0.1, 0.15) is 11.1 Å². The van der Waals surface area contributed by atoms with Crippen LogP contribution in [0.3, 0.4) is 0 Å². The fourth-order valence-electron chi connectivity index (χ4n) is 2.61. The van der Waals surface area contributed by atoms with Crippen LogP contribution in [0.2, 0.25) is 5.02 Å². The average Bonchev–Trinajstić information content (AvgIpc) is 2.65. The molecule has 3 aromatic rings. The summed E-state index contributed by atoms with van der Waals surface area (Å²) in [5.41, 5.74) is 1.74. The lowest BCUT2D eigenvalue weighted by molar-refractivity contribution is -0.147. The molecule has 0 radical (unpaired) electrons. The van der Waals surface area contributed by atoms with Crippen LogP contribution < -0.4 is 5.32 Å². The molecule has 0 spiro atoms. The summed E-state index contributed by atoms with van der Waals surface area (Å²) in [6.45, 7) is 0.0363. The fraction of sp³-hybridized carbons (Fsp3) is 0.143. The zero-order valence-corrected chi connectivity index (χ0v) is 14.8. The molecule has 0 bridgehead atoms. The van der Waals surface area contributed by atoms with E-state index >= 15 is 0 Å². The number of ether oxygens (including phenoxy) is 1. The first-order chi connectivity index (χ1) is 12.6. The third-order valence-corrected chi connectivity index (χ3v) is 4.14. The highest BCUT2D eigenvalue weighted by Gasteiger charge is 2.09. The highest BCUT2D eigenvalue weighted by atomic mass is 35.5. The second kappa shape index (κ2) is 8.50. The van der Waals surface area contributed by atoms with E-state index in [2.05, 4.69) is 5.32 Å². The zero-order chi connectivity index (χ0) is 18.4. The van der Waals surface area contributed by atoms with Gasteiger partial charge in [0.2, 0.25) is 0 Å². The van der Waals surface area contributed by atoms with Crippen LogP contribution >= 0.6 is 11.6 Å². The molecular weight excluding hydrogens is 350 g/mol. The van der Waals surface area contributed by atoms with Gasteiger partial charge in [0, 0.05) is 11.6 Å². The SMILES string of the molecule is O=C(COC(=O)Cc1ccc2ccccc2c1)NCc1cccc(Cl)c1. The van der Waals surface area contributed by atoms with Gasteiger partial charge in [-0.1, -0.05) is 66.2 Å². The third kappa shape index (κ3) is 5.07. The van der Waals surface area contributed by atoms with E-state index in [1.165, 1.54) is 0 Å². The van der Waals surface area contributed by atoms with E-state index in [4.69, 9.17) is 16.3 Å². The molecule has 132 valence electrons. The van der Waals surface area contributed by atoms with Crippen molar-refractivity contribution < 1.29 is 14.3 Å². The molecule has 0 fully saturated rings. The number of esters is 1. The Bertz CT molecular complexity index is 939. The van der Waals surface area contributed by atoms with Gasteiger partial charge in [-0.3, -0.25) is 9.59 Å². The Morgan fingerprint density at radius 3 is 2.50 bits per heavy atom. The van der Waals surface area contributed by atoms with E-state index in [1.54, 1.807) is 12.1 Å². The predicted molar refractivity (Wildman–Crippen MR) is 102 cm³/mol. The first-order valence-corrected chi connectivity index (χ1v) is 8.62. The molecule has 5 heteroatoms. The summed E-state index contributed by atoms with van der Waals surface area (Å²) in [6, 6.07) is 21.0. The number of amides is 1. The fourth-order valence-corrected chi connectivity index (χ4v) is 2.82. The molecule has 0 unspecified atom stereocenters. The number of halogens is 1. The van der Waals surface area contributed by atoms with Gasteiger partial charge in [0.15, 0.2) is 6.61 Å². The number of carbonyl (C=O) groups excluding carboxylic acids is 2. The number of nitrogens with one attached hydrogen (secondary N) is 1. The molecule has 0 aliphatic heterocycles. The summed E-state index contributed by atoms with van der Waals surface area (Å²) in [6.07, 6.45) is 0.131. The van der Waals surface area contributed by atoms with Crippen LogP contribution in [0.25, 0.3) is 10.8 Å². The van der Waals surface area contributed by atoms with Crippen LogP contribution in [-0.4, -0.2) is 18.5 Å². The lowest BCUT2D eigenvalue weighted by Gasteiger charge is -2.07. The summed E-state index contributed by atoms with van der Waals surface area (Å²) < 4.78 is 5.05. The predicted octanol–water partition coefficient (Wildman–Crippen LogP) is 3.90. The molecule has 1 N–H and O–H groups in total. The summed E-state index contributed by atoms with van der Waals surface area (Å²) in [5.74, 6) is -0.782. The Hall–Kier alpha value is -2.85. The monoisotopic (exact) mass is 367 g/mol. The quantitative estimate of drug-likeness (QED) is 0.672. The maximum Gasteiger partial charge on any atom is 0.310 e. The second-order valence-corrected chi connectivity index (χ2v) is 6.36. The maximum absolute atomic E-state index is 12.0. The number of benzene rings is 3. The van der Waals surface area contributed by atoms with Gasteiger partial charge in [-0.15, -0.1) is 0 Å². The Morgan fingerprint density at radius 2 is 1.69 bits per heavy atom. The van der Waals surface area contributed by atoms with E-state index in [-0.39, 0.29) is 18.9 Å². The molecule has 0 saturated heterocycles.